The van der Waals surface area contributed by atoms with Crippen LogP contribution in [0.4, 0.5) is 10.2 Å². The Balaban J connectivity index is 2.25. The number of halogens is 2. The number of Topliss-reactive ketones (excluding diaryl/α,β-unsaturated/α-hetero) is 1. The maximum Gasteiger partial charge on any atom is 0.172 e. The molecule has 0 amide bonds. The topological polar surface area (TPSA) is 71.8 Å². The molecule has 0 aliphatic heterocycles. The van der Waals surface area contributed by atoms with Crippen LogP contribution >= 0.6 is 15.9 Å². The largest absolute Gasteiger partial charge is 0.383 e. The number of benzene rings is 1. The third-order valence-corrected chi connectivity index (χ3v) is 3.24. The number of nitrogens with zero attached hydrogens (tertiary/aromatic N) is 1. The summed E-state index contributed by atoms with van der Waals surface area (Å²) in [5.41, 5.74) is 6.44. The molecule has 2 aromatic rings. The zero-order valence-corrected chi connectivity index (χ0v) is 10.3. The van der Waals surface area contributed by atoms with E-state index in [4.69, 9.17) is 5.73 Å². The molecule has 1 aromatic carbocycles. The van der Waals surface area contributed by atoms with Gasteiger partial charge in [0.15, 0.2) is 5.78 Å². The van der Waals surface area contributed by atoms with E-state index in [-0.39, 0.29) is 18.0 Å². The van der Waals surface area contributed by atoms with Crippen molar-refractivity contribution in [2.75, 3.05) is 5.73 Å². The Bertz CT molecular complexity index is 568. The number of hydrogen-bond acceptors (Lipinski definition) is 3. The van der Waals surface area contributed by atoms with Crippen LogP contribution in [-0.2, 0) is 6.42 Å². The average Bonchev–Trinajstić information content (AvgIpc) is 2.71. The Morgan fingerprint density at radius 1 is 1.53 bits per heavy atom. The van der Waals surface area contributed by atoms with Gasteiger partial charge in [0, 0.05) is 6.42 Å². The SMILES string of the molecule is Nc1[nH]ncc1C(=O)Cc1cccc(F)c1Br. The third-order valence-electron chi connectivity index (χ3n) is 2.35. The molecule has 3 N–H and O–H groups in total. The molecule has 17 heavy (non-hydrogen) atoms. The fourth-order valence-corrected chi connectivity index (χ4v) is 1.88. The van der Waals surface area contributed by atoms with Gasteiger partial charge in [-0.15, -0.1) is 0 Å². The van der Waals surface area contributed by atoms with Crippen LogP contribution in [0.1, 0.15) is 15.9 Å². The first-order chi connectivity index (χ1) is 8.09. The zero-order chi connectivity index (χ0) is 12.4. The van der Waals surface area contributed by atoms with Crippen LogP contribution in [0.5, 0.6) is 0 Å². The number of hydrogen-bond donors (Lipinski definition) is 2. The summed E-state index contributed by atoms with van der Waals surface area (Å²) in [6, 6.07) is 4.56. The molecular formula is C11H9BrFN3O. The van der Waals surface area contributed by atoms with Crippen molar-refractivity contribution in [2.45, 2.75) is 6.42 Å². The number of aromatic amines is 1. The van der Waals surface area contributed by atoms with Gasteiger partial charge in [-0.05, 0) is 27.6 Å². The number of carbonyl (C=O) groups excluding carboxylic acids is 1. The van der Waals surface area contributed by atoms with E-state index in [0.29, 0.717) is 15.6 Å². The van der Waals surface area contributed by atoms with Crippen molar-refractivity contribution in [1.29, 1.82) is 0 Å². The molecule has 0 saturated heterocycles. The van der Waals surface area contributed by atoms with Gasteiger partial charge in [-0.1, -0.05) is 12.1 Å². The maximum atomic E-state index is 13.2. The maximum absolute atomic E-state index is 13.2. The molecule has 0 saturated carbocycles. The number of carbonyl (C=O) groups is 1. The van der Waals surface area contributed by atoms with E-state index in [2.05, 4.69) is 26.1 Å². The minimum Gasteiger partial charge on any atom is -0.383 e. The zero-order valence-electron chi connectivity index (χ0n) is 8.71. The van der Waals surface area contributed by atoms with E-state index in [1.807, 2.05) is 0 Å². The molecule has 1 aromatic heterocycles. The summed E-state index contributed by atoms with van der Waals surface area (Å²) in [6.07, 6.45) is 1.44. The van der Waals surface area contributed by atoms with Crippen LogP contribution in [0.25, 0.3) is 0 Å². The van der Waals surface area contributed by atoms with Gasteiger partial charge in [-0.3, -0.25) is 9.89 Å². The molecule has 0 unspecified atom stereocenters. The fraction of sp³-hybridized carbons (Fsp3) is 0.0909. The van der Waals surface area contributed by atoms with Crippen molar-refractivity contribution >= 4 is 27.5 Å². The predicted octanol–water partition coefficient (Wildman–Crippen LogP) is 2.32. The van der Waals surface area contributed by atoms with Crippen LogP contribution < -0.4 is 5.73 Å². The summed E-state index contributed by atoms with van der Waals surface area (Å²) in [5, 5.41) is 6.15. The molecule has 0 fully saturated rings. The molecule has 2 rings (SSSR count). The summed E-state index contributed by atoms with van der Waals surface area (Å²) in [4.78, 5) is 11.9. The van der Waals surface area contributed by atoms with Crippen LogP contribution in [0.2, 0.25) is 0 Å². The van der Waals surface area contributed by atoms with Crippen molar-refractivity contribution in [3.05, 3.63) is 45.8 Å². The predicted molar refractivity (Wildman–Crippen MR) is 65.1 cm³/mol. The standard InChI is InChI=1S/C11H9BrFN3O/c12-10-6(2-1-3-8(10)13)4-9(17)7-5-15-16-11(7)14/h1-3,5H,4H2,(H3,14,15,16). The number of H-pyrrole nitrogens is 1. The first-order valence-corrected chi connectivity index (χ1v) is 5.64. The first-order valence-electron chi connectivity index (χ1n) is 4.84. The Kier molecular flexibility index (Phi) is 3.23. The van der Waals surface area contributed by atoms with Crippen molar-refractivity contribution in [3.8, 4) is 0 Å². The van der Waals surface area contributed by atoms with E-state index < -0.39 is 5.82 Å². The van der Waals surface area contributed by atoms with Crippen LogP contribution in [0, 0.1) is 5.82 Å². The van der Waals surface area contributed by atoms with Crippen molar-refractivity contribution in [1.82, 2.24) is 10.2 Å². The highest BCUT2D eigenvalue weighted by Gasteiger charge is 2.15. The minimum absolute atomic E-state index is 0.0715. The van der Waals surface area contributed by atoms with Gasteiger partial charge in [-0.2, -0.15) is 5.10 Å². The number of aromatic nitrogens is 2. The lowest BCUT2D eigenvalue weighted by molar-refractivity contribution is 0.0993. The lowest BCUT2D eigenvalue weighted by atomic mass is 10.1. The van der Waals surface area contributed by atoms with E-state index in [9.17, 15) is 9.18 Å². The third kappa shape index (κ3) is 2.36. The average molecular weight is 298 g/mol. The second kappa shape index (κ2) is 4.67. The normalized spacial score (nSPS) is 10.5. The van der Waals surface area contributed by atoms with E-state index in [1.165, 1.54) is 12.3 Å². The monoisotopic (exact) mass is 297 g/mol. The molecule has 6 heteroatoms. The van der Waals surface area contributed by atoms with Crippen LogP contribution in [0.3, 0.4) is 0 Å². The second-order valence-corrected chi connectivity index (χ2v) is 4.30. The van der Waals surface area contributed by atoms with Gasteiger partial charge in [0.25, 0.3) is 0 Å². The highest BCUT2D eigenvalue weighted by molar-refractivity contribution is 9.10. The Hall–Kier alpha value is -1.69. The molecule has 4 nitrogen and oxygen atoms in total. The molecule has 0 aliphatic rings. The second-order valence-electron chi connectivity index (χ2n) is 3.51. The summed E-state index contributed by atoms with van der Waals surface area (Å²) in [6.45, 7) is 0. The van der Waals surface area contributed by atoms with Gasteiger partial charge in [0.05, 0.1) is 16.2 Å². The molecule has 0 radical (unpaired) electrons. The fourth-order valence-electron chi connectivity index (χ4n) is 1.47. The van der Waals surface area contributed by atoms with Crippen molar-refractivity contribution < 1.29 is 9.18 Å². The molecule has 0 bridgehead atoms. The number of anilines is 1. The number of nitrogens with two attached hydrogens (primary N) is 1. The number of rotatable bonds is 3. The minimum atomic E-state index is -0.393. The van der Waals surface area contributed by atoms with Crippen molar-refractivity contribution in [3.63, 3.8) is 0 Å². The molecule has 0 atom stereocenters. The summed E-state index contributed by atoms with van der Waals surface area (Å²) >= 11 is 3.11. The Labute approximate surface area is 105 Å². The van der Waals surface area contributed by atoms with Gasteiger partial charge < -0.3 is 5.73 Å². The smallest absolute Gasteiger partial charge is 0.172 e. The highest BCUT2D eigenvalue weighted by atomic mass is 79.9. The van der Waals surface area contributed by atoms with Gasteiger partial charge in [0.2, 0.25) is 0 Å². The lowest BCUT2D eigenvalue weighted by Crippen LogP contribution is -2.06. The highest BCUT2D eigenvalue weighted by Crippen LogP contribution is 2.22. The number of nitrogens with one attached hydrogen (secondary N) is 1. The summed E-state index contributed by atoms with van der Waals surface area (Å²) in [7, 11) is 0. The summed E-state index contributed by atoms with van der Waals surface area (Å²) < 4.78 is 13.6. The van der Waals surface area contributed by atoms with E-state index in [0.717, 1.165) is 0 Å². The Morgan fingerprint density at radius 3 is 2.94 bits per heavy atom. The van der Waals surface area contributed by atoms with E-state index >= 15 is 0 Å². The van der Waals surface area contributed by atoms with Crippen LogP contribution in [0.15, 0.2) is 28.9 Å². The van der Waals surface area contributed by atoms with Gasteiger partial charge in [-0.25, -0.2) is 4.39 Å². The first kappa shape index (κ1) is 11.8. The molecule has 1 heterocycles. The number of nitrogen functional groups attached to an aromatic ring is 1. The molecule has 88 valence electrons. The molecule has 0 aliphatic carbocycles. The lowest BCUT2D eigenvalue weighted by Gasteiger charge is -2.04. The summed E-state index contributed by atoms with van der Waals surface area (Å²) in [5.74, 6) is -0.374. The van der Waals surface area contributed by atoms with Gasteiger partial charge in [0.1, 0.15) is 11.6 Å². The van der Waals surface area contributed by atoms with Crippen LogP contribution in [-0.4, -0.2) is 16.0 Å². The quantitative estimate of drug-likeness (QED) is 0.854. The molecular weight excluding hydrogens is 289 g/mol. The van der Waals surface area contributed by atoms with Gasteiger partial charge >= 0.3 is 0 Å². The number of ketones is 1. The van der Waals surface area contributed by atoms with Crippen molar-refractivity contribution in [2.24, 2.45) is 0 Å². The van der Waals surface area contributed by atoms with E-state index in [1.54, 1.807) is 12.1 Å². The molecule has 0 spiro atoms. The Morgan fingerprint density at radius 2 is 2.29 bits per heavy atom.